The van der Waals surface area contributed by atoms with Crippen LogP contribution in [0.2, 0.25) is 0 Å². The number of aromatic nitrogens is 3. The fourth-order valence-corrected chi connectivity index (χ4v) is 4.21. The average Bonchev–Trinajstić information content (AvgIpc) is 3.13. The molecule has 0 saturated heterocycles. The summed E-state index contributed by atoms with van der Waals surface area (Å²) in [5.41, 5.74) is 1.41. The van der Waals surface area contributed by atoms with E-state index in [9.17, 15) is 22.5 Å². The van der Waals surface area contributed by atoms with Crippen molar-refractivity contribution in [2.75, 3.05) is 6.61 Å². The van der Waals surface area contributed by atoms with Gasteiger partial charge < -0.3 is 14.5 Å². The van der Waals surface area contributed by atoms with Gasteiger partial charge in [-0.2, -0.15) is 18.2 Å². The molecule has 0 aliphatic heterocycles. The highest BCUT2D eigenvalue weighted by atomic mass is 32.2. The summed E-state index contributed by atoms with van der Waals surface area (Å²) in [6.07, 6.45) is -2.20. The molecule has 170 valence electrons. The van der Waals surface area contributed by atoms with E-state index in [-0.39, 0.29) is 22.4 Å². The van der Waals surface area contributed by atoms with Gasteiger partial charge in [0.2, 0.25) is 5.91 Å². The van der Waals surface area contributed by atoms with Gasteiger partial charge in [-0.3, -0.25) is 9.78 Å². The number of rotatable bonds is 7. The summed E-state index contributed by atoms with van der Waals surface area (Å²) in [5, 5.41) is 11.6. The Balaban J connectivity index is 1.95. The summed E-state index contributed by atoms with van der Waals surface area (Å²) in [5.74, 6) is -1.56. The smallest absolute Gasteiger partial charge is 0.422 e. The Morgan fingerprint density at radius 3 is 2.78 bits per heavy atom. The maximum absolute atomic E-state index is 13.2. The summed E-state index contributed by atoms with van der Waals surface area (Å²) < 4.78 is 56.7. The van der Waals surface area contributed by atoms with Crippen LogP contribution in [0.5, 0.6) is 5.75 Å². The van der Waals surface area contributed by atoms with E-state index in [1.807, 2.05) is 0 Å². The quantitative estimate of drug-likeness (QED) is 0.245. The topological polar surface area (TPSA) is 113 Å². The lowest BCUT2D eigenvalue weighted by Gasteiger charge is -2.15. The number of fused-ring (bicyclic) bond motifs is 1. The van der Waals surface area contributed by atoms with Crippen LogP contribution in [0.25, 0.3) is 11.0 Å². The fourth-order valence-electron chi connectivity index (χ4n) is 2.95. The second kappa shape index (κ2) is 9.57. The van der Waals surface area contributed by atoms with Crippen molar-refractivity contribution in [3.8, 4) is 5.75 Å². The molecule has 1 aromatic carbocycles. The van der Waals surface area contributed by atoms with Crippen LogP contribution in [0.1, 0.15) is 23.0 Å². The number of pyridine rings is 1. The third kappa shape index (κ3) is 5.19. The van der Waals surface area contributed by atoms with Crippen LogP contribution in [0.15, 0.2) is 46.8 Å². The highest BCUT2D eigenvalue weighted by molar-refractivity contribution is 7.90. The SMILES string of the molecule is Cc1c(OCC(F)(F)F)ccnc1C[S+]([O-])c1nc2ccccc2n1C(=O)C(C)C=NO. The number of halogens is 3. The molecule has 0 aliphatic carbocycles. The maximum Gasteiger partial charge on any atom is 0.422 e. The normalized spacial score (nSPS) is 14.1. The predicted molar refractivity (Wildman–Crippen MR) is 110 cm³/mol. The van der Waals surface area contributed by atoms with Gasteiger partial charge in [0, 0.05) is 22.9 Å². The summed E-state index contributed by atoms with van der Waals surface area (Å²) in [7, 11) is 0. The Labute approximate surface area is 183 Å². The first-order valence-electron chi connectivity index (χ1n) is 9.34. The van der Waals surface area contributed by atoms with Crippen LogP contribution in [0, 0.1) is 12.8 Å². The summed E-state index contributed by atoms with van der Waals surface area (Å²) in [6.45, 7) is 1.56. The van der Waals surface area contributed by atoms with Crippen LogP contribution in [-0.2, 0) is 16.9 Å². The van der Waals surface area contributed by atoms with Crippen LogP contribution in [0.3, 0.4) is 0 Å². The first-order chi connectivity index (χ1) is 15.1. The zero-order valence-electron chi connectivity index (χ0n) is 17.0. The minimum atomic E-state index is -4.50. The van der Waals surface area contributed by atoms with Gasteiger partial charge in [-0.05, 0) is 32.0 Å². The molecule has 32 heavy (non-hydrogen) atoms. The molecule has 1 N–H and O–H groups in total. The molecule has 0 bridgehead atoms. The highest BCUT2D eigenvalue weighted by Crippen LogP contribution is 2.27. The first kappa shape index (κ1) is 23.5. The van der Waals surface area contributed by atoms with Crippen molar-refractivity contribution in [2.45, 2.75) is 30.9 Å². The number of nitrogens with zero attached hydrogens (tertiary/aromatic N) is 4. The van der Waals surface area contributed by atoms with Gasteiger partial charge in [-0.15, -0.1) is 5.16 Å². The number of carbonyl (C=O) groups is 1. The molecular weight excluding hydrogens is 449 g/mol. The Kier molecular flexibility index (Phi) is 7.04. The summed E-state index contributed by atoms with van der Waals surface area (Å²) in [6, 6.07) is 7.99. The van der Waals surface area contributed by atoms with E-state index in [1.54, 1.807) is 24.3 Å². The third-order valence-electron chi connectivity index (χ3n) is 4.55. The minimum Gasteiger partial charge on any atom is -0.609 e. The monoisotopic (exact) mass is 468 g/mol. The molecule has 3 rings (SSSR count). The molecule has 0 fully saturated rings. The molecule has 2 atom stereocenters. The van der Waals surface area contributed by atoms with E-state index in [0.29, 0.717) is 16.6 Å². The van der Waals surface area contributed by atoms with Gasteiger partial charge in [0.1, 0.15) is 5.75 Å². The van der Waals surface area contributed by atoms with Gasteiger partial charge in [0.15, 0.2) is 12.4 Å². The maximum atomic E-state index is 13.2. The number of hydrogen-bond acceptors (Lipinski definition) is 7. The molecular formula is C20H19F3N4O4S. The Bertz CT molecular complexity index is 1150. The molecule has 8 nitrogen and oxygen atoms in total. The van der Waals surface area contributed by atoms with Crippen molar-refractivity contribution in [2.24, 2.45) is 11.1 Å². The highest BCUT2D eigenvalue weighted by Gasteiger charge is 2.31. The zero-order chi connectivity index (χ0) is 23.5. The number of para-hydroxylation sites is 2. The van der Waals surface area contributed by atoms with Crippen molar-refractivity contribution in [3.05, 3.63) is 47.8 Å². The molecule has 0 radical (unpaired) electrons. The summed E-state index contributed by atoms with van der Waals surface area (Å²) in [4.78, 5) is 21.4. The van der Waals surface area contributed by atoms with Crippen LogP contribution >= 0.6 is 0 Å². The lowest BCUT2D eigenvalue weighted by Crippen LogP contribution is -2.25. The number of hydrogen-bond donors (Lipinski definition) is 1. The van der Waals surface area contributed by atoms with Crippen LogP contribution < -0.4 is 4.74 Å². The Morgan fingerprint density at radius 2 is 2.09 bits per heavy atom. The van der Waals surface area contributed by atoms with Gasteiger partial charge >= 0.3 is 11.3 Å². The van der Waals surface area contributed by atoms with E-state index in [1.165, 1.54) is 30.7 Å². The lowest BCUT2D eigenvalue weighted by molar-refractivity contribution is -0.153. The fraction of sp³-hybridized carbons (Fsp3) is 0.300. The lowest BCUT2D eigenvalue weighted by atomic mass is 10.2. The largest absolute Gasteiger partial charge is 0.609 e. The van der Waals surface area contributed by atoms with E-state index >= 15 is 0 Å². The molecule has 0 amide bonds. The van der Waals surface area contributed by atoms with Gasteiger partial charge in [0.05, 0.1) is 28.9 Å². The van der Waals surface area contributed by atoms with E-state index in [0.717, 1.165) is 6.21 Å². The molecule has 2 heterocycles. The number of ether oxygens (including phenoxy) is 1. The zero-order valence-corrected chi connectivity index (χ0v) is 17.9. The second-order valence-electron chi connectivity index (χ2n) is 6.88. The number of benzene rings is 1. The Hall–Kier alpha value is -3.12. The van der Waals surface area contributed by atoms with Crippen LogP contribution in [-0.4, -0.2) is 49.2 Å². The molecule has 0 spiro atoms. The molecule has 0 saturated carbocycles. The van der Waals surface area contributed by atoms with Gasteiger partial charge in [0.25, 0.3) is 0 Å². The van der Waals surface area contributed by atoms with Gasteiger partial charge in [-0.1, -0.05) is 12.1 Å². The van der Waals surface area contributed by atoms with Crippen molar-refractivity contribution >= 4 is 34.3 Å². The number of oxime groups is 1. The van der Waals surface area contributed by atoms with E-state index < -0.39 is 35.8 Å². The molecule has 2 aromatic heterocycles. The Morgan fingerprint density at radius 1 is 1.38 bits per heavy atom. The molecule has 0 aliphatic rings. The second-order valence-corrected chi connectivity index (χ2v) is 8.23. The van der Waals surface area contributed by atoms with Gasteiger partial charge in [-0.25, -0.2) is 4.57 Å². The van der Waals surface area contributed by atoms with Crippen molar-refractivity contribution in [1.29, 1.82) is 0 Å². The minimum absolute atomic E-state index is 0.0262. The molecule has 2 unspecified atom stereocenters. The van der Waals surface area contributed by atoms with Crippen molar-refractivity contribution in [1.82, 2.24) is 14.5 Å². The average molecular weight is 468 g/mol. The third-order valence-corrected chi connectivity index (χ3v) is 5.77. The first-order valence-corrected chi connectivity index (χ1v) is 10.7. The standard InChI is InChI=1S/C20H19F3N4O4S/c1-12(9-25-29)18(28)27-16-6-4-3-5-14(16)26-19(27)32(30)10-15-13(2)17(7-8-24-15)31-11-20(21,22)23/h3-9,12,29H,10-11H2,1-2H3. The van der Waals surface area contributed by atoms with E-state index in [2.05, 4.69) is 15.1 Å². The van der Waals surface area contributed by atoms with Crippen LogP contribution in [0.4, 0.5) is 13.2 Å². The van der Waals surface area contributed by atoms with E-state index in [4.69, 9.17) is 9.94 Å². The molecule has 3 aromatic rings. The number of imidazole rings is 1. The number of alkyl halides is 3. The predicted octanol–water partition coefficient (Wildman–Crippen LogP) is 3.72. The van der Waals surface area contributed by atoms with Crippen molar-refractivity contribution in [3.63, 3.8) is 0 Å². The summed E-state index contributed by atoms with van der Waals surface area (Å²) >= 11 is -1.88. The number of carbonyl (C=O) groups excluding carboxylic acids is 1. The van der Waals surface area contributed by atoms with Crippen molar-refractivity contribution < 1.29 is 32.5 Å². The molecule has 12 heteroatoms.